The van der Waals surface area contributed by atoms with Gasteiger partial charge in [-0.15, -0.1) is 0 Å². The molecule has 1 heterocycles. The Bertz CT molecular complexity index is 1520. The normalized spacial score (nSPS) is 12.9. The molecule has 4 aromatic carbocycles. The van der Waals surface area contributed by atoms with Crippen molar-refractivity contribution >= 4 is 0 Å². The van der Waals surface area contributed by atoms with Gasteiger partial charge in [0.1, 0.15) is 43.7 Å². The lowest BCUT2D eigenvalue weighted by Crippen LogP contribution is -2.28. The second kappa shape index (κ2) is 11.3. The van der Waals surface area contributed by atoms with E-state index in [0.29, 0.717) is 24.9 Å². The Hall–Kier alpha value is -4.52. The number of furan rings is 1. The van der Waals surface area contributed by atoms with Gasteiger partial charge < -0.3 is 28.8 Å². The number of hydrogen-bond donors (Lipinski definition) is 2. The van der Waals surface area contributed by atoms with Crippen LogP contribution < -0.4 is 14.2 Å². The fourth-order valence-electron chi connectivity index (χ4n) is 5.61. The van der Waals surface area contributed by atoms with Crippen LogP contribution in [0.3, 0.4) is 0 Å². The second-order valence-electron chi connectivity index (χ2n) is 9.54. The SMILES string of the molecule is OCCOc1ccc(C2(c3ccc(OCCOc4ccc(CO)o4)cc3)c3ccccc3-c3ccccc32)cc1. The summed E-state index contributed by atoms with van der Waals surface area (Å²) in [5.74, 6) is 2.28. The van der Waals surface area contributed by atoms with E-state index in [9.17, 15) is 0 Å². The lowest BCUT2D eigenvalue weighted by Gasteiger charge is -2.34. The number of benzene rings is 4. The smallest absolute Gasteiger partial charge is 0.284 e. The molecule has 2 N–H and O–H groups in total. The molecule has 1 aliphatic carbocycles. The van der Waals surface area contributed by atoms with E-state index in [1.807, 2.05) is 24.3 Å². The summed E-state index contributed by atoms with van der Waals surface area (Å²) in [5.41, 5.74) is 6.63. The topological polar surface area (TPSA) is 81.3 Å². The molecule has 0 aliphatic heterocycles. The third-order valence-corrected chi connectivity index (χ3v) is 7.28. The van der Waals surface area contributed by atoms with Crippen molar-refractivity contribution < 1.29 is 28.8 Å². The van der Waals surface area contributed by atoms with Gasteiger partial charge in [-0.2, -0.15) is 0 Å². The molecular weight excluding hydrogens is 504 g/mol. The van der Waals surface area contributed by atoms with Gasteiger partial charge in [0.25, 0.3) is 5.95 Å². The van der Waals surface area contributed by atoms with E-state index < -0.39 is 5.41 Å². The third-order valence-electron chi connectivity index (χ3n) is 7.28. The highest BCUT2D eigenvalue weighted by atomic mass is 16.6. The van der Waals surface area contributed by atoms with Gasteiger partial charge in [0.15, 0.2) is 0 Å². The van der Waals surface area contributed by atoms with E-state index in [2.05, 4.69) is 72.8 Å². The molecule has 0 radical (unpaired) electrons. The van der Waals surface area contributed by atoms with Crippen LogP contribution in [0.15, 0.2) is 114 Å². The Morgan fingerprint density at radius 1 is 0.550 bits per heavy atom. The highest BCUT2D eigenvalue weighted by molar-refractivity contribution is 5.86. The van der Waals surface area contributed by atoms with Crippen LogP contribution >= 0.6 is 0 Å². The molecule has 0 saturated carbocycles. The standard InChI is InChI=1S/C34H30O6/c35-19-20-37-26-13-9-24(10-14-26)34(31-7-3-1-5-29(31)30-6-2-4-8-32(30)34)25-11-15-27(16-12-25)38-21-22-39-33-18-17-28(23-36)40-33/h1-18,35-36H,19-23H2. The molecule has 0 spiro atoms. The molecule has 0 amide bonds. The van der Waals surface area contributed by atoms with E-state index in [0.717, 1.165) is 22.6 Å². The number of rotatable bonds is 11. The van der Waals surface area contributed by atoms with Crippen molar-refractivity contribution in [3.05, 3.63) is 137 Å². The summed E-state index contributed by atoms with van der Waals surface area (Å²) in [6.07, 6.45) is 0. The Morgan fingerprint density at radius 3 is 1.60 bits per heavy atom. The fraction of sp³-hybridized carbons (Fsp3) is 0.176. The van der Waals surface area contributed by atoms with Crippen LogP contribution in [0.2, 0.25) is 0 Å². The van der Waals surface area contributed by atoms with Gasteiger partial charge in [0.2, 0.25) is 0 Å². The first-order valence-electron chi connectivity index (χ1n) is 13.3. The molecule has 0 unspecified atom stereocenters. The van der Waals surface area contributed by atoms with Crippen LogP contribution in [0, 0.1) is 0 Å². The second-order valence-corrected chi connectivity index (χ2v) is 9.54. The number of ether oxygens (including phenoxy) is 3. The van der Waals surface area contributed by atoms with Crippen LogP contribution in [0.1, 0.15) is 28.0 Å². The summed E-state index contributed by atoms with van der Waals surface area (Å²) in [6.45, 7) is 0.731. The maximum atomic E-state index is 9.16. The molecule has 6 heteroatoms. The van der Waals surface area contributed by atoms with Crippen LogP contribution in [0.4, 0.5) is 0 Å². The van der Waals surface area contributed by atoms with Crippen LogP contribution in [-0.2, 0) is 12.0 Å². The van der Waals surface area contributed by atoms with Gasteiger partial charge in [-0.3, -0.25) is 0 Å². The maximum Gasteiger partial charge on any atom is 0.284 e. The van der Waals surface area contributed by atoms with Crippen molar-refractivity contribution in [2.45, 2.75) is 12.0 Å². The summed E-state index contributed by atoms with van der Waals surface area (Å²) in [4.78, 5) is 0. The molecule has 0 saturated heterocycles. The molecule has 0 fully saturated rings. The van der Waals surface area contributed by atoms with Gasteiger partial charge in [0, 0.05) is 6.07 Å². The van der Waals surface area contributed by atoms with Gasteiger partial charge >= 0.3 is 0 Å². The first-order valence-corrected chi connectivity index (χ1v) is 13.3. The van der Waals surface area contributed by atoms with Crippen LogP contribution in [0.25, 0.3) is 11.1 Å². The maximum absolute atomic E-state index is 9.16. The number of fused-ring (bicyclic) bond motifs is 3. The van der Waals surface area contributed by atoms with E-state index in [4.69, 9.17) is 28.8 Å². The van der Waals surface area contributed by atoms with E-state index in [1.165, 1.54) is 22.3 Å². The van der Waals surface area contributed by atoms with E-state index in [1.54, 1.807) is 12.1 Å². The predicted octanol–water partition coefficient (Wildman–Crippen LogP) is 5.96. The van der Waals surface area contributed by atoms with Gasteiger partial charge in [-0.25, -0.2) is 0 Å². The first-order chi connectivity index (χ1) is 19.7. The lowest BCUT2D eigenvalue weighted by atomic mass is 9.68. The largest absolute Gasteiger partial charge is 0.491 e. The average Bonchev–Trinajstić information content (AvgIpc) is 3.60. The third kappa shape index (κ3) is 4.62. The minimum Gasteiger partial charge on any atom is -0.491 e. The molecular formula is C34H30O6. The van der Waals surface area contributed by atoms with Crippen LogP contribution in [0.5, 0.6) is 17.4 Å². The highest BCUT2D eigenvalue weighted by Crippen LogP contribution is 2.56. The van der Waals surface area contributed by atoms with Crippen molar-refractivity contribution in [1.82, 2.24) is 0 Å². The molecule has 5 aromatic rings. The zero-order chi connectivity index (χ0) is 27.4. The van der Waals surface area contributed by atoms with Crippen molar-refractivity contribution in [1.29, 1.82) is 0 Å². The molecule has 1 aromatic heterocycles. The Kier molecular flexibility index (Phi) is 7.27. The van der Waals surface area contributed by atoms with Crippen molar-refractivity contribution in [3.8, 4) is 28.6 Å². The zero-order valence-electron chi connectivity index (χ0n) is 22.0. The van der Waals surface area contributed by atoms with E-state index >= 15 is 0 Å². The first kappa shape index (κ1) is 25.7. The summed E-state index contributed by atoms with van der Waals surface area (Å²) in [7, 11) is 0. The number of hydrogen-bond acceptors (Lipinski definition) is 6. The Balaban J connectivity index is 1.32. The zero-order valence-corrected chi connectivity index (χ0v) is 22.0. The molecule has 0 bridgehead atoms. The Labute approximate surface area is 233 Å². The monoisotopic (exact) mass is 534 g/mol. The number of aliphatic hydroxyl groups excluding tert-OH is 2. The quantitative estimate of drug-likeness (QED) is 0.200. The summed E-state index contributed by atoms with van der Waals surface area (Å²) in [6, 6.07) is 37.0. The van der Waals surface area contributed by atoms with Crippen molar-refractivity contribution in [3.63, 3.8) is 0 Å². The minimum absolute atomic E-state index is 0.0273. The van der Waals surface area contributed by atoms with Gasteiger partial charge in [-0.1, -0.05) is 72.8 Å². The Morgan fingerprint density at radius 2 is 1.07 bits per heavy atom. The number of aliphatic hydroxyl groups is 2. The molecule has 1 aliphatic rings. The van der Waals surface area contributed by atoms with Crippen LogP contribution in [-0.4, -0.2) is 36.6 Å². The molecule has 202 valence electrons. The molecule has 40 heavy (non-hydrogen) atoms. The molecule has 6 rings (SSSR count). The molecule has 6 nitrogen and oxygen atoms in total. The predicted molar refractivity (Wildman–Crippen MR) is 152 cm³/mol. The molecule has 0 atom stereocenters. The fourth-order valence-corrected chi connectivity index (χ4v) is 5.61. The summed E-state index contributed by atoms with van der Waals surface area (Å²) in [5, 5.41) is 18.3. The van der Waals surface area contributed by atoms with E-state index in [-0.39, 0.29) is 19.8 Å². The van der Waals surface area contributed by atoms with Gasteiger partial charge in [0.05, 0.1) is 12.0 Å². The lowest BCUT2D eigenvalue weighted by molar-refractivity contribution is 0.170. The highest BCUT2D eigenvalue weighted by Gasteiger charge is 2.45. The average molecular weight is 535 g/mol. The van der Waals surface area contributed by atoms with Gasteiger partial charge in [-0.05, 0) is 63.7 Å². The van der Waals surface area contributed by atoms with Crippen molar-refractivity contribution in [2.75, 3.05) is 26.4 Å². The summed E-state index contributed by atoms with van der Waals surface area (Å²) < 4.78 is 22.5. The summed E-state index contributed by atoms with van der Waals surface area (Å²) >= 11 is 0. The minimum atomic E-state index is -0.520. The van der Waals surface area contributed by atoms with Crippen molar-refractivity contribution in [2.24, 2.45) is 0 Å².